The Morgan fingerprint density at radius 1 is 1.64 bits per heavy atom. The van der Waals surface area contributed by atoms with Crippen LogP contribution in [0.25, 0.3) is 0 Å². The van der Waals surface area contributed by atoms with Crippen molar-refractivity contribution in [2.75, 3.05) is 6.54 Å². The maximum atomic E-state index is 10.3. The molecule has 5 nitrogen and oxygen atoms in total. The predicted molar refractivity (Wildman–Crippen MR) is 56.1 cm³/mol. The Kier molecular flexibility index (Phi) is 6.39. The Bertz CT molecular complexity index is 236. The second kappa shape index (κ2) is 7.08. The van der Waals surface area contributed by atoms with Gasteiger partial charge in [-0.25, -0.2) is 0 Å². The minimum atomic E-state index is -0.976. The Hall–Kier alpha value is -1.36. The van der Waals surface area contributed by atoms with Gasteiger partial charge in [-0.2, -0.15) is 0 Å². The van der Waals surface area contributed by atoms with Gasteiger partial charge in [-0.3, -0.25) is 9.79 Å². The van der Waals surface area contributed by atoms with Crippen molar-refractivity contribution in [3.63, 3.8) is 0 Å². The zero-order valence-corrected chi connectivity index (χ0v) is 8.31. The Balaban J connectivity index is 3.65. The summed E-state index contributed by atoms with van der Waals surface area (Å²) in [6, 6.07) is -0.798. The van der Waals surface area contributed by atoms with E-state index in [1.54, 1.807) is 12.2 Å². The van der Waals surface area contributed by atoms with Crippen molar-refractivity contribution in [1.29, 1.82) is 0 Å². The molecule has 0 aromatic carbocycles. The molecule has 0 aromatic rings. The summed E-state index contributed by atoms with van der Waals surface area (Å²) >= 11 is 0. The highest BCUT2D eigenvalue weighted by atomic mass is 16.4. The number of hydrogen-bond acceptors (Lipinski definition) is 3. The van der Waals surface area contributed by atoms with Crippen LogP contribution in [0.4, 0.5) is 0 Å². The van der Waals surface area contributed by atoms with Gasteiger partial charge in [0, 0.05) is 6.54 Å². The molecule has 0 saturated carbocycles. The summed E-state index contributed by atoms with van der Waals surface area (Å²) in [4.78, 5) is 14.3. The van der Waals surface area contributed by atoms with Crippen LogP contribution < -0.4 is 11.5 Å². The molecule has 0 bridgehead atoms. The van der Waals surface area contributed by atoms with Crippen molar-refractivity contribution < 1.29 is 9.90 Å². The average Bonchev–Trinajstić information content (AvgIpc) is 2.12. The monoisotopic (exact) mass is 199 g/mol. The smallest absolute Gasteiger partial charge is 0.320 e. The summed E-state index contributed by atoms with van der Waals surface area (Å²) in [5.41, 5.74) is 10.8. The minimum absolute atomic E-state index is 0.419. The van der Waals surface area contributed by atoms with E-state index in [1.165, 1.54) is 0 Å². The Morgan fingerprint density at radius 3 is 2.79 bits per heavy atom. The third-order valence-electron chi connectivity index (χ3n) is 1.62. The third kappa shape index (κ3) is 6.19. The van der Waals surface area contributed by atoms with Gasteiger partial charge in [0.25, 0.3) is 0 Å². The van der Waals surface area contributed by atoms with Crippen molar-refractivity contribution in [3.05, 3.63) is 12.2 Å². The van der Waals surface area contributed by atoms with Crippen LogP contribution in [-0.4, -0.2) is 29.5 Å². The molecule has 0 unspecified atom stereocenters. The van der Waals surface area contributed by atoms with Gasteiger partial charge in [0.2, 0.25) is 0 Å². The van der Waals surface area contributed by atoms with E-state index in [0.717, 1.165) is 0 Å². The minimum Gasteiger partial charge on any atom is -0.480 e. The van der Waals surface area contributed by atoms with Gasteiger partial charge in [0.1, 0.15) is 11.9 Å². The maximum Gasteiger partial charge on any atom is 0.320 e. The number of carbonyl (C=O) groups is 1. The van der Waals surface area contributed by atoms with Crippen molar-refractivity contribution in [2.24, 2.45) is 16.5 Å². The van der Waals surface area contributed by atoms with Crippen molar-refractivity contribution in [2.45, 2.75) is 25.8 Å². The first-order valence-electron chi connectivity index (χ1n) is 4.49. The lowest BCUT2D eigenvalue weighted by molar-refractivity contribution is -0.138. The van der Waals surface area contributed by atoms with Crippen LogP contribution in [0, 0.1) is 0 Å². The molecule has 0 aliphatic rings. The summed E-state index contributed by atoms with van der Waals surface area (Å²) in [5.74, 6) is -0.521. The van der Waals surface area contributed by atoms with E-state index in [4.69, 9.17) is 16.6 Å². The van der Waals surface area contributed by atoms with Gasteiger partial charge in [-0.15, -0.1) is 0 Å². The fourth-order valence-corrected chi connectivity index (χ4v) is 0.866. The number of rotatable bonds is 6. The van der Waals surface area contributed by atoms with Crippen LogP contribution in [0.15, 0.2) is 17.1 Å². The number of carboxylic acid groups (broad SMARTS) is 1. The first-order chi connectivity index (χ1) is 6.57. The second-order valence-electron chi connectivity index (χ2n) is 2.89. The molecule has 14 heavy (non-hydrogen) atoms. The highest BCUT2D eigenvalue weighted by Gasteiger charge is 2.09. The SMILES string of the molecule is CC=CC(N)=NCCC[C@@H](N)C(=O)O. The number of nitrogens with two attached hydrogens (primary N) is 2. The van der Waals surface area contributed by atoms with Crippen molar-refractivity contribution in [3.8, 4) is 0 Å². The van der Waals surface area contributed by atoms with Crippen LogP contribution >= 0.6 is 0 Å². The van der Waals surface area contributed by atoms with Crippen LogP contribution in [0.2, 0.25) is 0 Å². The predicted octanol–water partition coefficient (Wildman–Crippen LogP) is 0.112. The van der Waals surface area contributed by atoms with Crippen molar-refractivity contribution >= 4 is 11.8 Å². The van der Waals surface area contributed by atoms with E-state index in [0.29, 0.717) is 25.2 Å². The van der Waals surface area contributed by atoms with Crippen LogP contribution in [-0.2, 0) is 4.79 Å². The summed E-state index contributed by atoms with van der Waals surface area (Å²) in [6.45, 7) is 2.36. The van der Waals surface area contributed by atoms with E-state index < -0.39 is 12.0 Å². The van der Waals surface area contributed by atoms with E-state index in [9.17, 15) is 4.79 Å². The van der Waals surface area contributed by atoms with Crippen LogP contribution in [0.5, 0.6) is 0 Å². The highest BCUT2D eigenvalue weighted by Crippen LogP contribution is 1.95. The topological polar surface area (TPSA) is 102 Å². The molecule has 5 heteroatoms. The molecule has 0 fully saturated rings. The van der Waals surface area contributed by atoms with Gasteiger partial charge < -0.3 is 16.6 Å². The Morgan fingerprint density at radius 2 is 2.29 bits per heavy atom. The molecule has 0 heterocycles. The molecule has 0 rings (SSSR count). The number of aliphatic imine (C=N–C) groups is 1. The molecule has 0 saturated heterocycles. The molecule has 0 amide bonds. The molecule has 1 atom stereocenters. The molecular formula is C9H17N3O2. The maximum absolute atomic E-state index is 10.3. The Labute approximate surface area is 83.5 Å². The summed E-state index contributed by atoms with van der Waals surface area (Å²) in [6.07, 6.45) is 4.53. The fraction of sp³-hybridized carbons (Fsp3) is 0.556. The molecular weight excluding hydrogens is 182 g/mol. The highest BCUT2D eigenvalue weighted by molar-refractivity contribution is 5.91. The van der Waals surface area contributed by atoms with Crippen LogP contribution in [0.1, 0.15) is 19.8 Å². The lowest BCUT2D eigenvalue weighted by Crippen LogP contribution is -2.30. The zero-order valence-electron chi connectivity index (χ0n) is 8.31. The van der Waals surface area contributed by atoms with E-state index in [1.807, 2.05) is 6.92 Å². The number of hydrogen-bond donors (Lipinski definition) is 3. The largest absolute Gasteiger partial charge is 0.480 e. The molecule has 80 valence electrons. The van der Waals surface area contributed by atoms with Gasteiger partial charge in [0.05, 0.1) is 0 Å². The van der Waals surface area contributed by atoms with Gasteiger partial charge >= 0.3 is 5.97 Å². The second-order valence-corrected chi connectivity index (χ2v) is 2.89. The number of amidine groups is 1. The zero-order chi connectivity index (χ0) is 11.0. The van der Waals surface area contributed by atoms with Crippen molar-refractivity contribution in [1.82, 2.24) is 0 Å². The van der Waals surface area contributed by atoms with E-state index >= 15 is 0 Å². The molecule has 0 aliphatic carbocycles. The fourth-order valence-electron chi connectivity index (χ4n) is 0.866. The third-order valence-corrected chi connectivity index (χ3v) is 1.62. The first-order valence-corrected chi connectivity index (χ1v) is 4.49. The quantitative estimate of drug-likeness (QED) is 0.321. The lowest BCUT2D eigenvalue weighted by Gasteiger charge is -2.03. The van der Waals surface area contributed by atoms with Gasteiger partial charge in [-0.05, 0) is 25.8 Å². The standard InChI is InChI=1S/C9H17N3O2/c1-2-4-8(11)12-6-3-5-7(10)9(13)14/h2,4,7H,3,5-6,10H2,1H3,(H2,11,12)(H,13,14)/t7-/m1/s1. The number of allylic oxidation sites excluding steroid dienone is 1. The van der Waals surface area contributed by atoms with Gasteiger partial charge in [-0.1, -0.05) is 6.08 Å². The first kappa shape index (κ1) is 12.6. The van der Waals surface area contributed by atoms with E-state index in [-0.39, 0.29) is 0 Å². The average molecular weight is 199 g/mol. The molecule has 5 N–H and O–H groups in total. The summed E-state index contributed by atoms with van der Waals surface area (Å²) in [5, 5.41) is 8.48. The summed E-state index contributed by atoms with van der Waals surface area (Å²) in [7, 11) is 0. The number of carboxylic acids is 1. The molecule has 0 radical (unpaired) electrons. The lowest BCUT2D eigenvalue weighted by atomic mass is 10.2. The van der Waals surface area contributed by atoms with E-state index in [2.05, 4.69) is 4.99 Å². The molecule has 0 spiro atoms. The number of aliphatic carboxylic acids is 1. The molecule has 0 aromatic heterocycles. The van der Waals surface area contributed by atoms with Gasteiger partial charge in [0.15, 0.2) is 0 Å². The normalized spacial score (nSPS) is 14.6. The summed E-state index contributed by atoms with van der Waals surface area (Å²) < 4.78 is 0. The molecule has 0 aliphatic heterocycles. The number of nitrogens with zero attached hydrogens (tertiary/aromatic N) is 1. The van der Waals surface area contributed by atoms with Crippen LogP contribution in [0.3, 0.4) is 0 Å².